The summed E-state index contributed by atoms with van der Waals surface area (Å²) in [6.07, 6.45) is 2.10. The van der Waals surface area contributed by atoms with Gasteiger partial charge in [0.05, 0.1) is 0 Å². The molecular formula is C18H20BrNO. The van der Waals surface area contributed by atoms with Crippen LogP contribution in [0.3, 0.4) is 0 Å². The Kier molecular flexibility index (Phi) is 5.57. The van der Waals surface area contributed by atoms with Crippen LogP contribution in [-0.4, -0.2) is 11.2 Å². The van der Waals surface area contributed by atoms with Gasteiger partial charge in [0, 0.05) is 16.6 Å². The minimum absolute atomic E-state index is 0.0474. The Balaban J connectivity index is 2.14. The molecule has 0 atom stereocenters. The van der Waals surface area contributed by atoms with Gasteiger partial charge in [-0.2, -0.15) is 0 Å². The molecule has 0 bridgehead atoms. The third-order valence-electron chi connectivity index (χ3n) is 3.42. The molecule has 0 fully saturated rings. The Morgan fingerprint density at radius 1 is 1.14 bits per heavy atom. The number of carbonyl (C=O) groups excluding carboxylic acids is 1. The van der Waals surface area contributed by atoms with Crippen molar-refractivity contribution < 1.29 is 4.79 Å². The van der Waals surface area contributed by atoms with E-state index < -0.39 is 0 Å². The summed E-state index contributed by atoms with van der Waals surface area (Å²) < 4.78 is 0. The predicted octanol–water partition coefficient (Wildman–Crippen LogP) is 4.88. The highest BCUT2D eigenvalue weighted by Gasteiger charge is 2.09. The molecule has 0 saturated carbocycles. The third-order valence-corrected chi connectivity index (χ3v) is 3.98. The molecule has 0 aromatic heterocycles. The molecule has 1 amide bonds. The van der Waals surface area contributed by atoms with E-state index in [1.807, 2.05) is 50.2 Å². The lowest BCUT2D eigenvalue weighted by atomic mass is 10.0. The molecule has 0 aliphatic carbocycles. The summed E-state index contributed by atoms with van der Waals surface area (Å²) in [6.45, 7) is 3.96. The Bertz CT molecular complexity index is 637. The highest BCUT2D eigenvalue weighted by molar-refractivity contribution is 9.09. The van der Waals surface area contributed by atoms with Crippen molar-refractivity contribution in [2.45, 2.75) is 26.7 Å². The summed E-state index contributed by atoms with van der Waals surface area (Å²) in [5.41, 5.74) is 4.92. The lowest BCUT2D eigenvalue weighted by Crippen LogP contribution is -2.13. The van der Waals surface area contributed by atoms with Gasteiger partial charge in [0.15, 0.2) is 0 Å². The monoisotopic (exact) mass is 345 g/mol. The van der Waals surface area contributed by atoms with Crippen molar-refractivity contribution in [1.29, 1.82) is 0 Å². The van der Waals surface area contributed by atoms with E-state index in [0.717, 1.165) is 40.5 Å². The first-order valence-corrected chi connectivity index (χ1v) is 8.26. The van der Waals surface area contributed by atoms with Crippen LogP contribution < -0.4 is 5.32 Å². The molecule has 2 rings (SSSR count). The van der Waals surface area contributed by atoms with E-state index in [4.69, 9.17) is 0 Å². The maximum Gasteiger partial charge on any atom is 0.255 e. The molecule has 0 saturated heterocycles. The van der Waals surface area contributed by atoms with Gasteiger partial charge in [0.25, 0.3) is 5.91 Å². The smallest absolute Gasteiger partial charge is 0.255 e. The predicted molar refractivity (Wildman–Crippen MR) is 92.4 cm³/mol. The van der Waals surface area contributed by atoms with Crippen molar-refractivity contribution in [1.82, 2.24) is 0 Å². The molecule has 21 heavy (non-hydrogen) atoms. The van der Waals surface area contributed by atoms with Gasteiger partial charge in [-0.3, -0.25) is 4.79 Å². The lowest BCUT2D eigenvalue weighted by molar-refractivity contribution is 0.102. The summed E-state index contributed by atoms with van der Waals surface area (Å²) in [4.78, 5) is 12.4. The summed E-state index contributed by atoms with van der Waals surface area (Å²) in [5.74, 6) is -0.0474. The third kappa shape index (κ3) is 4.43. The molecule has 1 N–H and O–H groups in total. The van der Waals surface area contributed by atoms with Crippen LogP contribution in [0.15, 0.2) is 42.5 Å². The second-order valence-corrected chi connectivity index (χ2v) is 6.06. The SMILES string of the molecule is Cc1ccc(C)c(C(=O)Nc2cccc(CCCBr)c2)c1. The van der Waals surface area contributed by atoms with E-state index in [1.54, 1.807) is 0 Å². The van der Waals surface area contributed by atoms with Crippen molar-refractivity contribution in [3.05, 3.63) is 64.7 Å². The summed E-state index contributed by atoms with van der Waals surface area (Å²) >= 11 is 3.44. The second-order valence-electron chi connectivity index (χ2n) is 5.27. The van der Waals surface area contributed by atoms with E-state index in [-0.39, 0.29) is 5.91 Å². The Morgan fingerprint density at radius 3 is 2.71 bits per heavy atom. The minimum Gasteiger partial charge on any atom is -0.322 e. The fraction of sp³-hybridized carbons (Fsp3) is 0.278. The van der Waals surface area contributed by atoms with Crippen molar-refractivity contribution in [3.8, 4) is 0 Å². The van der Waals surface area contributed by atoms with Crippen molar-refractivity contribution in [2.75, 3.05) is 10.6 Å². The van der Waals surface area contributed by atoms with Crippen molar-refractivity contribution >= 4 is 27.5 Å². The molecule has 0 radical (unpaired) electrons. The average molecular weight is 346 g/mol. The zero-order valence-electron chi connectivity index (χ0n) is 12.4. The van der Waals surface area contributed by atoms with Crippen molar-refractivity contribution in [3.63, 3.8) is 0 Å². The van der Waals surface area contributed by atoms with E-state index in [1.165, 1.54) is 5.56 Å². The number of hydrogen-bond donors (Lipinski definition) is 1. The Hall–Kier alpha value is -1.61. The van der Waals surface area contributed by atoms with E-state index >= 15 is 0 Å². The van der Waals surface area contributed by atoms with Gasteiger partial charge in [-0.1, -0.05) is 45.8 Å². The molecule has 2 nitrogen and oxygen atoms in total. The van der Waals surface area contributed by atoms with Gasteiger partial charge < -0.3 is 5.32 Å². The summed E-state index contributed by atoms with van der Waals surface area (Å²) in [6, 6.07) is 14.0. The minimum atomic E-state index is -0.0474. The molecule has 0 aliphatic heterocycles. The standard InChI is InChI=1S/C18H20BrNO/c1-13-8-9-14(2)17(11-13)18(21)20-16-7-3-5-15(12-16)6-4-10-19/h3,5,7-9,11-12H,4,6,10H2,1-2H3,(H,20,21). The molecule has 110 valence electrons. The van der Waals surface area contributed by atoms with Crippen LogP contribution in [0.2, 0.25) is 0 Å². The molecule has 2 aromatic rings. The number of anilines is 1. The van der Waals surface area contributed by atoms with Crippen LogP contribution in [-0.2, 0) is 6.42 Å². The normalized spacial score (nSPS) is 10.4. The number of rotatable bonds is 5. The molecule has 0 spiro atoms. The molecule has 0 heterocycles. The van der Waals surface area contributed by atoms with Crippen LogP contribution in [0.25, 0.3) is 0 Å². The number of hydrogen-bond acceptors (Lipinski definition) is 1. The zero-order valence-corrected chi connectivity index (χ0v) is 14.0. The maximum absolute atomic E-state index is 12.4. The van der Waals surface area contributed by atoms with Crippen LogP contribution in [0.5, 0.6) is 0 Å². The van der Waals surface area contributed by atoms with Gasteiger partial charge in [0.1, 0.15) is 0 Å². The van der Waals surface area contributed by atoms with Gasteiger partial charge in [-0.15, -0.1) is 0 Å². The number of amides is 1. The second kappa shape index (κ2) is 7.41. The fourth-order valence-electron chi connectivity index (χ4n) is 2.25. The number of halogens is 1. The van der Waals surface area contributed by atoms with Gasteiger partial charge in [-0.05, 0) is 56.0 Å². The van der Waals surface area contributed by atoms with Gasteiger partial charge in [0.2, 0.25) is 0 Å². The molecule has 3 heteroatoms. The zero-order chi connectivity index (χ0) is 15.2. The van der Waals surface area contributed by atoms with Gasteiger partial charge in [-0.25, -0.2) is 0 Å². The maximum atomic E-state index is 12.4. The van der Waals surface area contributed by atoms with Crippen LogP contribution in [0.4, 0.5) is 5.69 Å². The number of carbonyl (C=O) groups is 1. The first kappa shape index (κ1) is 15.8. The van der Waals surface area contributed by atoms with Gasteiger partial charge >= 0.3 is 0 Å². The quantitative estimate of drug-likeness (QED) is 0.768. The fourth-order valence-corrected chi connectivity index (χ4v) is 2.53. The highest BCUT2D eigenvalue weighted by atomic mass is 79.9. The number of benzene rings is 2. The number of aryl methyl sites for hydroxylation is 3. The van der Waals surface area contributed by atoms with E-state index in [2.05, 4.69) is 27.3 Å². The van der Waals surface area contributed by atoms with Crippen molar-refractivity contribution in [2.24, 2.45) is 0 Å². The average Bonchev–Trinajstić information content (AvgIpc) is 2.48. The number of nitrogens with one attached hydrogen (secondary N) is 1. The molecule has 0 aliphatic rings. The molecular weight excluding hydrogens is 326 g/mol. The molecule has 2 aromatic carbocycles. The topological polar surface area (TPSA) is 29.1 Å². The first-order valence-electron chi connectivity index (χ1n) is 7.13. The molecule has 0 unspecified atom stereocenters. The number of alkyl halides is 1. The lowest BCUT2D eigenvalue weighted by Gasteiger charge is -2.10. The van der Waals surface area contributed by atoms with Crippen LogP contribution in [0.1, 0.15) is 33.5 Å². The highest BCUT2D eigenvalue weighted by Crippen LogP contribution is 2.16. The van der Waals surface area contributed by atoms with E-state index in [0.29, 0.717) is 0 Å². The Labute approximate surface area is 134 Å². The van der Waals surface area contributed by atoms with Crippen LogP contribution >= 0.6 is 15.9 Å². The first-order chi connectivity index (χ1) is 10.1. The van der Waals surface area contributed by atoms with Crippen LogP contribution in [0, 0.1) is 13.8 Å². The summed E-state index contributed by atoms with van der Waals surface area (Å²) in [5, 5.41) is 3.98. The largest absolute Gasteiger partial charge is 0.322 e. The summed E-state index contributed by atoms with van der Waals surface area (Å²) in [7, 11) is 0. The van der Waals surface area contributed by atoms with E-state index in [9.17, 15) is 4.79 Å². The Morgan fingerprint density at radius 2 is 1.95 bits per heavy atom.